The molecule has 0 amide bonds. The summed E-state index contributed by atoms with van der Waals surface area (Å²) >= 11 is 5.83. The predicted molar refractivity (Wildman–Crippen MR) is 115 cm³/mol. The summed E-state index contributed by atoms with van der Waals surface area (Å²) in [4.78, 5) is 24.1. The SMILES string of the molecule is COc1ccc(/C=C/C(=O)Oc2ccc(C(=O)OCc3ccc(Cl)cc3)cc2)cc1. The maximum absolute atomic E-state index is 12.1. The van der Waals surface area contributed by atoms with Crippen LogP contribution in [0.2, 0.25) is 5.02 Å². The lowest BCUT2D eigenvalue weighted by molar-refractivity contribution is -0.128. The molecule has 0 N–H and O–H groups in total. The van der Waals surface area contributed by atoms with Crippen LogP contribution in [0, 0.1) is 0 Å². The van der Waals surface area contributed by atoms with Crippen molar-refractivity contribution >= 4 is 29.6 Å². The van der Waals surface area contributed by atoms with E-state index in [9.17, 15) is 9.59 Å². The molecule has 0 radical (unpaired) electrons. The quantitative estimate of drug-likeness (QED) is 0.293. The molecule has 0 aliphatic rings. The van der Waals surface area contributed by atoms with Crippen molar-refractivity contribution in [3.05, 3.63) is 101 Å². The van der Waals surface area contributed by atoms with Crippen LogP contribution in [-0.4, -0.2) is 19.0 Å². The minimum atomic E-state index is -0.524. The van der Waals surface area contributed by atoms with Gasteiger partial charge in [-0.15, -0.1) is 0 Å². The van der Waals surface area contributed by atoms with Gasteiger partial charge < -0.3 is 14.2 Å². The molecule has 0 atom stereocenters. The molecule has 152 valence electrons. The zero-order valence-corrected chi connectivity index (χ0v) is 17.0. The molecule has 3 aromatic rings. The smallest absolute Gasteiger partial charge is 0.338 e. The van der Waals surface area contributed by atoms with Crippen molar-refractivity contribution in [2.75, 3.05) is 7.11 Å². The summed E-state index contributed by atoms with van der Waals surface area (Å²) in [5.74, 6) is 0.0706. The fraction of sp³-hybridized carbons (Fsp3) is 0.0833. The lowest BCUT2D eigenvalue weighted by atomic mass is 10.2. The summed E-state index contributed by atoms with van der Waals surface area (Å²) in [5.41, 5.74) is 2.03. The summed E-state index contributed by atoms with van der Waals surface area (Å²) in [6.45, 7) is 0.142. The average Bonchev–Trinajstić information content (AvgIpc) is 2.78. The van der Waals surface area contributed by atoms with Crippen molar-refractivity contribution in [2.45, 2.75) is 6.61 Å². The molecular formula is C24H19ClO5. The van der Waals surface area contributed by atoms with E-state index in [2.05, 4.69) is 0 Å². The molecule has 30 heavy (non-hydrogen) atoms. The Morgan fingerprint density at radius 1 is 0.867 bits per heavy atom. The number of hydrogen-bond donors (Lipinski definition) is 0. The third kappa shape index (κ3) is 6.22. The van der Waals surface area contributed by atoms with Gasteiger partial charge in [-0.1, -0.05) is 35.9 Å². The Kier molecular flexibility index (Phi) is 7.24. The minimum Gasteiger partial charge on any atom is -0.497 e. The highest BCUT2D eigenvalue weighted by Gasteiger charge is 2.09. The fourth-order valence-electron chi connectivity index (χ4n) is 2.50. The molecule has 6 heteroatoms. The number of benzene rings is 3. The van der Waals surface area contributed by atoms with Gasteiger partial charge in [-0.3, -0.25) is 0 Å². The van der Waals surface area contributed by atoms with Crippen LogP contribution < -0.4 is 9.47 Å². The van der Waals surface area contributed by atoms with Crippen LogP contribution in [0.25, 0.3) is 6.08 Å². The van der Waals surface area contributed by atoms with E-state index in [0.29, 0.717) is 16.3 Å². The predicted octanol–water partition coefficient (Wildman–Crippen LogP) is 5.32. The average molecular weight is 423 g/mol. The molecule has 0 aliphatic carbocycles. The second kappa shape index (κ2) is 10.3. The van der Waals surface area contributed by atoms with Gasteiger partial charge in [-0.25, -0.2) is 9.59 Å². The third-order valence-electron chi connectivity index (χ3n) is 4.12. The molecule has 3 rings (SSSR count). The van der Waals surface area contributed by atoms with Crippen molar-refractivity contribution in [3.63, 3.8) is 0 Å². The van der Waals surface area contributed by atoms with Gasteiger partial charge in [-0.2, -0.15) is 0 Å². The molecule has 0 aromatic heterocycles. The zero-order chi connectivity index (χ0) is 21.3. The monoisotopic (exact) mass is 422 g/mol. The number of hydrogen-bond acceptors (Lipinski definition) is 5. The summed E-state index contributed by atoms with van der Waals surface area (Å²) in [5, 5.41) is 0.619. The van der Waals surface area contributed by atoms with E-state index in [0.717, 1.165) is 16.9 Å². The number of halogens is 1. The first-order chi connectivity index (χ1) is 14.5. The summed E-state index contributed by atoms with van der Waals surface area (Å²) in [7, 11) is 1.59. The Bertz CT molecular complexity index is 1020. The van der Waals surface area contributed by atoms with Gasteiger partial charge in [0.25, 0.3) is 0 Å². The van der Waals surface area contributed by atoms with Gasteiger partial charge in [0.15, 0.2) is 0 Å². The van der Waals surface area contributed by atoms with Crippen molar-refractivity contribution < 1.29 is 23.8 Å². The zero-order valence-electron chi connectivity index (χ0n) is 16.2. The van der Waals surface area contributed by atoms with E-state index < -0.39 is 11.9 Å². The maximum atomic E-state index is 12.1. The van der Waals surface area contributed by atoms with Gasteiger partial charge in [0.2, 0.25) is 0 Å². The number of ether oxygens (including phenoxy) is 3. The van der Waals surface area contributed by atoms with Crippen LogP contribution in [0.1, 0.15) is 21.5 Å². The Morgan fingerprint density at radius 3 is 2.13 bits per heavy atom. The highest BCUT2D eigenvalue weighted by Crippen LogP contribution is 2.16. The Balaban J connectivity index is 1.51. The molecule has 0 aliphatic heterocycles. The normalized spacial score (nSPS) is 10.6. The topological polar surface area (TPSA) is 61.8 Å². The Morgan fingerprint density at radius 2 is 1.50 bits per heavy atom. The molecule has 0 bridgehead atoms. The van der Waals surface area contributed by atoms with Gasteiger partial charge in [-0.05, 0) is 65.7 Å². The van der Waals surface area contributed by atoms with E-state index in [-0.39, 0.29) is 6.61 Å². The molecule has 0 saturated carbocycles. The third-order valence-corrected chi connectivity index (χ3v) is 4.37. The minimum absolute atomic E-state index is 0.142. The second-order valence-corrected chi connectivity index (χ2v) is 6.69. The first kappa shape index (κ1) is 21.1. The lowest BCUT2D eigenvalue weighted by Crippen LogP contribution is -2.06. The highest BCUT2D eigenvalue weighted by atomic mass is 35.5. The van der Waals surface area contributed by atoms with Gasteiger partial charge in [0, 0.05) is 11.1 Å². The molecule has 0 spiro atoms. The number of carbonyl (C=O) groups excluding carboxylic acids is 2. The molecule has 0 heterocycles. The number of methoxy groups -OCH3 is 1. The van der Waals surface area contributed by atoms with Crippen LogP contribution in [0.15, 0.2) is 78.9 Å². The first-order valence-corrected chi connectivity index (χ1v) is 9.47. The van der Waals surface area contributed by atoms with E-state index >= 15 is 0 Å². The molecular weight excluding hydrogens is 404 g/mol. The first-order valence-electron chi connectivity index (χ1n) is 9.09. The van der Waals surface area contributed by atoms with Gasteiger partial charge >= 0.3 is 11.9 Å². The van der Waals surface area contributed by atoms with Crippen LogP contribution in [-0.2, 0) is 16.1 Å². The largest absolute Gasteiger partial charge is 0.497 e. The fourth-order valence-corrected chi connectivity index (χ4v) is 2.63. The Hall–Kier alpha value is -3.57. The van der Waals surface area contributed by atoms with Gasteiger partial charge in [0.1, 0.15) is 18.1 Å². The molecule has 5 nitrogen and oxygen atoms in total. The molecule has 0 unspecified atom stereocenters. The summed E-state index contributed by atoms with van der Waals surface area (Å²) in [6.07, 6.45) is 2.97. The second-order valence-electron chi connectivity index (χ2n) is 6.25. The van der Waals surface area contributed by atoms with E-state index in [1.807, 2.05) is 12.1 Å². The van der Waals surface area contributed by atoms with E-state index in [1.165, 1.54) is 18.2 Å². The summed E-state index contributed by atoms with van der Waals surface area (Å²) < 4.78 is 15.6. The number of rotatable bonds is 7. The maximum Gasteiger partial charge on any atom is 0.338 e. The molecule has 0 fully saturated rings. The van der Waals surface area contributed by atoms with Crippen LogP contribution in [0.5, 0.6) is 11.5 Å². The molecule has 3 aromatic carbocycles. The van der Waals surface area contributed by atoms with Crippen molar-refractivity contribution in [1.29, 1.82) is 0 Å². The molecule has 0 saturated heterocycles. The van der Waals surface area contributed by atoms with Crippen LogP contribution >= 0.6 is 11.6 Å². The van der Waals surface area contributed by atoms with E-state index in [4.69, 9.17) is 25.8 Å². The van der Waals surface area contributed by atoms with Crippen molar-refractivity contribution in [2.24, 2.45) is 0 Å². The van der Waals surface area contributed by atoms with Crippen LogP contribution in [0.4, 0.5) is 0 Å². The number of carbonyl (C=O) groups is 2. The van der Waals surface area contributed by atoms with E-state index in [1.54, 1.807) is 61.7 Å². The highest BCUT2D eigenvalue weighted by molar-refractivity contribution is 6.30. The number of esters is 2. The standard InChI is InChI=1S/C24H19ClO5/c1-28-21-11-4-17(5-12-21)6-15-23(26)30-22-13-7-19(8-14-22)24(27)29-16-18-2-9-20(25)10-3-18/h2-15H,16H2,1H3/b15-6+. The lowest BCUT2D eigenvalue weighted by Gasteiger charge is -2.06. The van der Waals surface area contributed by atoms with Gasteiger partial charge in [0.05, 0.1) is 12.7 Å². The summed E-state index contributed by atoms with van der Waals surface area (Å²) in [6, 6.07) is 20.5. The van der Waals surface area contributed by atoms with Crippen molar-refractivity contribution in [1.82, 2.24) is 0 Å². The Labute approximate surface area is 179 Å². The van der Waals surface area contributed by atoms with Crippen molar-refractivity contribution in [3.8, 4) is 11.5 Å². The van der Waals surface area contributed by atoms with Crippen LogP contribution in [0.3, 0.4) is 0 Å².